The van der Waals surface area contributed by atoms with Gasteiger partial charge in [0.1, 0.15) is 12.4 Å². The summed E-state index contributed by atoms with van der Waals surface area (Å²) in [5.41, 5.74) is 8.28. The van der Waals surface area contributed by atoms with Crippen molar-refractivity contribution in [2.75, 3.05) is 17.6 Å². The number of benzene rings is 2. The van der Waals surface area contributed by atoms with Gasteiger partial charge in [-0.25, -0.2) is 18.4 Å². The van der Waals surface area contributed by atoms with E-state index in [9.17, 15) is 8.42 Å². The summed E-state index contributed by atoms with van der Waals surface area (Å²) in [4.78, 5) is 8.29. The molecule has 1 aromatic heterocycles. The van der Waals surface area contributed by atoms with Crippen molar-refractivity contribution in [1.29, 1.82) is 0 Å². The first-order valence-electron chi connectivity index (χ1n) is 11.3. The van der Waals surface area contributed by atoms with E-state index < -0.39 is 10.0 Å². The molecule has 3 rings (SSSR count). The monoisotopic (exact) mass is 552 g/mol. The molecule has 0 bridgehead atoms. The molecule has 0 saturated heterocycles. The minimum atomic E-state index is -3.52. The number of rotatable bonds is 11. The van der Waals surface area contributed by atoms with Crippen LogP contribution in [0.1, 0.15) is 49.7 Å². The van der Waals surface area contributed by atoms with E-state index in [1.54, 1.807) is 6.07 Å². The highest BCUT2D eigenvalue weighted by Gasteiger charge is 2.25. The largest absolute Gasteiger partial charge is 0.490 e. The average Bonchev–Trinajstić information content (AvgIpc) is 2.81. The Balaban J connectivity index is 1.76. The standard InChI is InChI=1S/C25H30Cl2N4O4S/c1-5-10-34-23-21(26)11-17(12-22(23)27)25(2,3)16-6-8-20(9-7-16)35-15-19-13-18(14-28)29-24(30-19)31-36(4,32)33/h6-9,11-13H,5,10,14-15,28H2,1-4H3,(H,29,30,31). The summed E-state index contributed by atoms with van der Waals surface area (Å²) in [6.07, 6.45) is 1.89. The molecule has 0 atom stereocenters. The molecule has 0 aliphatic heterocycles. The predicted molar refractivity (Wildman–Crippen MR) is 144 cm³/mol. The second kappa shape index (κ2) is 11.6. The van der Waals surface area contributed by atoms with E-state index in [4.69, 9.17) is 38.4 Å². The number of nitrogens with two attached hydrogens (primary N) is 1. The molecular formula is C25H30Cl2N4O4S. The normalized spacial score (nSPS) is 11.9. The van der Waals surface area contributed by atoms with Gasteiger partial charge in [-0.3, -0.25) is 4.72 Å². The molecule has 3 aromatic rings. The number of halogens is 2. The molecule has 0 amide bonds. The van der Waals surface area contributed by atoms with E-state index in [0.29, 0.717) is 39.5 Å². The van der Waals surface area contributed by atoms with Crippen molar-refractivity contribution in [2.24, 2.45) is 5.73 Å². The van der Waals surface area contributed by atoms with Crippen LogP contribution in [0.25, 0.3) is 0 Å². The van der Waals surface area contributed by atoms with Crippen LogP contribution in [0.2, 0.25) is 10.0 Å². The number of hydrogen-bond acceptors (Lipinski definition) is 7. The predicted octanol–water partition coefficient (Wildman–Crippen LogP) is 5.31. The fourth-order valence-corrected chi connectivity index (χ4v) is 4.52. The molecule has 0 saturated carbocycles. The molecular weight excluding hydrogens is 523 g/mol. The zero-order valence-corrected chi connectivity index (χ0v) is 23.0. The third-order valence-electron chi connectivity index (χ3n) is 5.45. The first-order chi connectivity index (χ1) is 16.9. The molecule has 0 aliphatic carbocycles. The molecule has 0 aliphatic rings. The van der Waals surface area contributed by atoms with Crippen molar-refractivity contribution in [1.82, 2.24) is 9.97 Å². The third-order valence-corrected chi connectivity index (χ3v) is 6.57. The SMILES string of the molecule is CCCOc1c(Cl)cc(C(C)(C)c2ccc(OCc3cc(CN)nc(NS(C)(=O)=O)n3)cc2)cc1Cl. The van der Waals surface area contributed by atoms with Crippen LogP contribution in [0.4, 0.5) is 5.95 Å². The van der Waals surface area contributed by atoms with Crippen LogP contribution in [-0.2, 0) is 28.6 Å². The molecule has 0 unspecified atom stereocenters. The van der Waals surface area contributed by atoms with E-state index in [1.165, 1.54) is 0 Å². The van der Waals surface area contributed by atoms with Gasteiger partial charge >= 0.3 is 0 Å². The van der Waals surface area contributed by atoms with Crippen molar-refractivity contribution >= 4 is 39.2 Å². The van der Waals surface area contributed by atoms with Crippen LogP contribution in [0.15, 0.2) is 42.5 Å². The Labute approximate surface area is 222 Å². The number of aromatic nitrogens is 2. The number of anilines is 1. The van der Waals surface area contributed by atoms with Gasteiger partial charge in [-0.15, -0.1) is 0 Å². The molecule has 0 fully saturated rings. The highest BCUT2D eigenvalue weighted by Crippen LogP contribution is 2.40. The highest BCUT2D eigenvalue weighted by molar-refractivity contribution is 7.91. The zero-order valence-electron chi connectivity index (χ0n) is 20.6. The van der Waals surface area contributed by atoms with Gasteiger partial charge in [0.25, 0.3) is 0 Å². The molecule has 36 heavy (non-hydrogen) atoms. The van der Waals surface area contributed by atoms with Crippen molar-refractivity contribution < 1.29 is 17.9 Å². The van der Waals surface area contributed by atoms with Crippen LogP contribution in [0.3, 0.4) is 0 Å². The lowest BCUT2D eigenvalue weighted by Crippen LogP contribution is -2.19. The van der Waals surface area contributed by atoms with Gasteiger partial charge in [-0.2, -0.15) is 0 Å². The molecule has 1 heterocycles. The van der Waals surface area contributed by atoms with Crippen molar-refractivity contribution in [3.05, 3.63) is 75.0 Å². The maximum Gasteiger partial charge on any atom is 0.237 e. The Morgan fingerprint density at radius 2 is 1.58 bits per heavy atom. The fourth-order valence-electron chi connectivity index (χ4n) is 3.50. The minimum absolute atomic E-state index is 0.0421. The van der Waals surface area contributed by atoms with Gasteiger partial charge < -0.3 is 15.2 Å². The van der Waals surface area contributed by atoms with Crippen LogP contribution >= 0.6 is 23.2 Å². The van der Waals surface area contributed by atoms with Crippen LogP contribution in [-0.4, -0.2) is 31.2 Å². The van der Waals surface area contributed by atoms with Crippen molar-refractivity contribution in [3.63, 3.8) is 0 Å². The Bertz CT molecular complexity index is 1290. The summed E-state index contributed by atoms with van der Waals surface area (Å²) in [5.74, 6) is 1.08. The number of sulfonamides is 1. The number of nitrogens with one attached hydrogen (secondary N) is 1. The zero-order chi connectivity index (χ0) is 26.5. The smallest absolute Gasteiger partial charge is 0.237 e. The van der Waals surface area contributed by atoms with Gasteiger partial charge in [0, 0.05) is 12.0 Å². The minimum Gasteiger partial charge on any atom is -0.490 e. The second-order valence-corrected chi connectivity index (χ2v) is 11.4. The van der Waals surface area contributed by atoms with Gasteiger partial charge in [0.05, 0.1) is 34.3 Å². The summed E-state index contributed by atoms with van der Waals surface area (Å²) < 4.78 is 36.9. The van der Waals surface area contributed by atoms with Gasteiger partial charge in [0.2, 0.25) is 16.0 Å². The Kier molecular flexibility index (Phi) is 9.05. The number of ether oxygens (including phenoxy) is 2. The molecule has 11 heteroatoms. The third kappa shape index (κ3) is 7.22. The Morgan fingerprint density at radius 1 is 0.972 bits per heavy atom. The van der Waals surface area contributed by atoms with Gasteiger partial charge in [0.15, 0.2) is 5.75 Å². The lowest BCUT2D eigenvalue weighted by atomic mass is 9.78. The number of hydrogen-bond donors (Lipinski definition) is 2. The lowest BCUT2D eigenvalue weighted by Gasteiger charge is -2.27. The highest BCUT2D eigenvalue weighted by atomic mass is 35.5. The molecule has 2 aromatic carbocycles. The van der Waals surface area contributed by atoms with Crippen LogP contribution in [0, 0.1) is 0 Å². The molecule has 0 radical (unpaired) electrons. The van der Waals surface area contributed by atoms with Crippen molar-refractivity contribution in [3.8, 4) is 11.5 Å². The van der Waals surface area contributed by atoms with Crippen LogP contribution < -0.4 is 19.9 Å². The van der Waals surface area contributed by atoms with E-state index in [2.05, 4.69) is 28.5 Å². The maximum atomic E-state index is 11.5. The molecule has 194 valence electrons. The fraction of sp³-hybridized carbons (Fsp3) is 0.360. The van der Waals surface area contributed by atoms with E-state index in [1.807, 2.05) is 43.3 Å². The average molecular weight is 554 g/mol. The first-order valence-corrected chi connectivity index (χ1v) is 14.0. The summed E-state index contributed by atoms with van der Waals surface area (Å²) in [7, 11) is -3.52. The quantitative estimate of drug-likeness (QED) is 0.331. The maximum absolute atomic E-state index is 11.5. The molecule has 0 spiro atoms. The van der Waals surface area contributed by atoms with Crippen molar-refractivity contribution in [2.45, 2.75) is 45.8 Å². The van der Waals surface area contributed by atoms with Gasteiger partial charge in [-0.1, -0.05) is 56.1 Å². The van der Waals surface area contributed by atoms with E-state index in [-0.39, 0.29) is 24.5 Å². The topological polar surface area (TPSA) is 116 Å². The summed E-state index contributed by atoms with van der Waals surface area (Å²) in [6.45, 7) is 6.98. The van der Waals surface area contributed by atoms with E-state index >= 15 is 0 Å². The lowest BCUT2D eigenvalue weighted by molar-refractivity contribution is 0.301. The number of nitrogens with zero attached hydrogens (tertiary/aromatic N) is 2. The second-order valence-electron chi connectivity index (χ2n) is 8.81. The van der Waals surface area contributed by atoms with Crippen LogP contribution in [0.5, 0.6) is 11.5 Å². The van der Waals surface area contributed by atoms with Gasteiger partial charge in [-0.05, 0) is 47.9 Å². The Morgan fingerprint density at radius 3 is 2.14 bits per heavy atom. The summed E-state index contributed by atoms with van der Waals surface area (Å²) >= 11 is 12.9. The molecule has 3 N–H and O–H groups in total. The summed E-state index contributed by atoms with van der Waals surface area (Å²) in [6, 6.07) is 13.1. The summed E-state index contributed by atoms with van der Waals surface area (Å²) in [5, 5.41) is 0.954. The van der Waals surface area contributed by atoms with E-state index in [0.717, 1.165) is 23.8 Å². The Hall–Kier alpha value is -2.59. The first kappa shape index (κ1) is 28.0. The molecule has 8 nitrogen and oxygen atoms in total.